The summed E-state index contributed by atoms with van der Waals surface area (Å²) in [5.41, 5.74) is -0.253. The minimum atomic E-state index is -4.70. The van der Waals surface area contributed by atoms with Gasteiger partial charge < -0.3 is 10.0 Å². The number of aromatic nitrogens is 2. The Hall–Kier alpha value is -2.62. The van der Waals surface area contributed by atoms with Crippen LogP contribution in [0.1, 0.15) is 53.7 Å². The van der Waals surface area contributed by atoms with Crippen LogP contribution in [0.4, 0.5) is 17.6 Å². The Balaban J connectivity index is 1.68. The highest BCUT2D eigenvalue weighted by atomic mass is 35.5. The maximum Gasteiger partial charge on any atom is 0.433 e. The summed E-state index contributed by atoms with van der Waals surface area (Å²) in [6, 6.07) is 2.11. The summed E-state index contributed by atoms with van der Waals surface area (Å²) in [6.45, 7) is 0.825. The van der Waals surface area contributed by atoms with Crippen molar-refractivity contribution < 1.29 is 32.3 Å². The Labute approximate surface area is 185 Å². The number of likely N-dealkylation sites (tertiary alicyclic amines) is 1. The lowest BCUT2D eigenvalue weighted by atomic mass is 9.92. The van der Waals surface area contributed by atoms with Gasteiger partial charge in [0.2, 0.25) is 5.91 Å². The van der Waals surface area contributed by atoms with Crippen LogP contribution in [0.25, 0.3) is 0 Å². The van der Waals surface area contributed by atoms with Gasteiger partial charge >= 0.3 is 12.1 Å². The van der Waals surface area contributed by atoms with Crippen LogP contribution in [0.15, 0.2) is 18.2 Å². The Kier molecular flexibility index (Phi) is 5.68. The Morgan fingerprint density at radius 2 is 1.91 bits per heavy atom. The average Bonchev–Trinajstić information content (AvgIpc) is 3.28. The van der Waals surface area contributed by atoms with Gasteiger partial charge in [0.1, 0.15) is 18.1 Å². The van der Waals surface area contributed by atoms with Gasteiger partial charge in [-0.2, -0.15) is 18.3 Å². The van der Waals surface area contributed by atoms with Gasteiger partial charge in [0.05, 0.1) is 17.7 Å². The molecule has 1 aliphatic heterocycles. The van der Waals surface area contributed by atoms with Gasteiger partial charge in [0.15, 0.2) is 0 Å². The molecular formula is C21H20ClF4N3O3. The van der Waals surface area contributed by atoms with E-state index in [0.29, 0.717) is 10.2 Å². The third-order valence-electron chi connectivity index (χ3n) is 5.97. The van der Waals surface area contributed by atoms with E-state index < -0.39 is 48.1 Å². The number of carbonyl (C=O) groups is 2. The number of benzene rings is 1. The smallest absolute Gasteiger partial charge is 0.433 e. The Bertz CT molecular complexity index is 1080. The molecule has 2 atom stereocenters. The zero-order chi connectivity index (χ0) is 23.4. The molecule has 1 aliphatic carbocycles. The molecule has 172 valence electrons. The van der Waals surface area contributed by atoms with Gasteiger partial charge in [-0.15, -0.1) is 0 Å². The third kappa shape index (κ3) is 4.20. The van der Waals surface area contributed by atoms with E-state index >= 15 is 0 Å². The first-order valence-corrected chi connectivity index (χ1v) is 10.5. The van der Waals surface area contributed by atoms with E-state index in [0.717, 1.165) is 29.9 Å². The van der Waals surface area contributed by atoms with Crippen molar-refractivity contribution in [1.29, 1.82) is 0 Å². The first-order chi connectivity index (χ1) is 15.0. The molecule has 0 unspecified atom stereocenters. The molecule has 0 bridgehead atoms. The molecule has 2 heterocycles. The zero-order valence-electron chi connectivity index (χ0n) is 17.0. The van der Waals surface area contributed by atoms with E-state index in [1.54, 1.807) is 6.92 Å². The highest BCUT2D eigenvalue weighted by Crippen LogP contribution is 2.43. The summed E-state index contributed by atoms with van der Waals surface area (Å²) >= 11 is 6.31. The van der Waals surface area contributed by atoms with Crippen LogP contribution in [-0.4, -0.2) is 38.2 Å². The van der Waals surface area contributed by atoms with Gasteiger partial charge in [0, 0.05) is 17.5 Å². The summed E-state index contributed by atoms with van der Waals surface area (Å²) in [4.78, 5) is 26.1. The van der Waals surface area contributed by atoms with Crippen LogP contribution in [0, 0.1) is 18.7 Å². The standard InChI is InChI=1S/C21H20ClF4N3O3/c1-10-6-12(23)7-14(18(10)22)19-13(20(31)32)4-5-28(19)17(30)9-29-16(21(24,25)26)8-15(27-29)11-2-3-11/h6-8,11,13,19H,2-5,9H2,1H3,(H,31,32)/t13-,19+/m1/s1. The lowest BCUT2D eigenvalue weighted by Gasteiger charge is -2.29. The number of aryl methyl sites for hydroxylation is 1. The lowest BCUT2D eigenvalue weighted by molar-refractivity contribution is -0.146. The van der Waals surface area contributed by atoms with Gasteiger partial charge in [-0.25, -0.2) is 4.39 Å². The minimum absolute atomic E-state index is 0.00947. The van der Waals surface area contributed by atoms with E-state index in [1.807, 2.05) is 0 Å². The Morgan fingerprint density at radius 1 is 1.22 bits per heavy atom. The second-order valence-corrected chi connectivity index (χ2v) is 8.65. The summed E-state index contributed by atoms with van der Waals surface area (Å²) in [6.07, 6.45) is -3.14. The molecule has 6 nitrogen and oxygen atoms in total. The molecule has 4 rings (SSSR count). The predicted octanol–water partition coefficient (Wildman–Crippen LogP) is 4.55. The van der Waals surface area contributed by atoms with Crippen LogP contribution in [0.2, 0.25) is 5.02 Å². The molecule has 1 N–H and O–H groups in total. The predicted molar refractivity (Wildman–Crippen MR) is 106 cm³/mol. The van der Waals surface area contributed by atoms with Crippen molar-refractivity contribution in [3.63, 3.8) is 0 Å². The number of carbonyl (C=O) groups excluding carboxylic acids is 1. The number of nitrogens with zero attached hydrogens (tertiary/aromatic N) is 3. The molecule has 1 saturated carbocycles. The molecule has 2 aliphatic rings. The second-order valence-electron chi connectivity index (χ2n) is 8.28. The molecule has 32 heavy (non-hydrogen) atoms. The summed E-state index contributed by atoms with van der Waals surface area (Å²) in [7, 11) is 0. The molecule has 1 aromatic heterocycles. The first kappa shape index (κ1) is 22.6. The van der Waals surface area contributed by atoms with Crippen molar-refractivity contribution >= 4 is 23.5 Å². The van der Waals surface area contributed by atoms with E-state index in [9.17, 15) is 32.3 Å². The molecule has 11 heteroatoms. The van der Waals surface area contributed by atoms with Crippen molar-refractivity contribution in [2.75, 3.05) is 6.54 Å². The molecule has 0 spiro atoms. The van der Waals surface area contributed by atoms with Crippen molar-refractivity contribution in [3.8, 4) is 0 Å². The number of hydrogen-bond acceptors (Lipinski definition) is 3. The van der Waals surface area contributed by atoms with Gasteiger partial charge in [0.25, 0.3) is 0 Å². The number of hydrogen-bond donors (Lipinski definition) is 1. The highest BCUT2D eigenvalue weighted by molar-refractivity contribution is 6.32. The van der Waals surface area contributed by atoms with Gasteiger partial charge in [-0.1, -0.05) is 11.6 Å². The number of aliphatic carboxylic acids is 1. The maximum atomic E-state index is 14.1. The molecule has 1 aromatic carbocycles. The SMILES string of the molecule is Cc1cc(F)cc([C@@H]2[C@H](C(=O)O)CCN2C(=O)Cn2nc(C3CC3)cc2C(F)(F)F)c1Cl. The fourth-order valence-corrected chi connectivity index (χ4v) is 4.49. The number of amides is 1. The topological polar surface area (TPSA) is 75.4 Å². The number of carboxylic acid groups (broad SMARTS) is 1. The van der Waals surface area contributed by atoms with E-state index in [-0.39, 0.29) is 35.2 Å². The van der Waals surface area contributed by atoms with Crippen LogP contribution in [0.3, 0.4) is 0 Å². The molecule has 1 saturated heterocycles. The van der Waals surface area contributed by atoms with Crippen LogP contribution >= 0.6 is 11.6 Å². The normalized spacial score (nSPS) is 21.2. The van der Waals surface area contributed by atoms with Gasteiger partial charge in [-0.05, 0) is 55.5 Å². The summed E-state index contributed by atoms with van der Waals surface area (Å²) in [5.74, 6) is -3.70. The number of halogens is 5. The van der Waals surface area contributed by atoms with Crippen molar-refractivity contribution in [3.05, 3.63) is 51.6 Å². The van der Waals surface area contributed by atoms with E-state index in [4.69, 9.17) is 11.6 Å². The quantitative estimate of drug-likeness (QED) is 0.646. The van der Waals surface area contributed by atoms with E-state index in [1.165, 1.54) is 6.07 Å². The fraction of sp³-hybridized carbons (Fsp3) is 0.476. The summed E-state index contributed by atoms with van der Waals surface area (Å²) in [5, 5.41) is 13.8. The minimum Gasteiger partial charge on any atom is -0.481 e. The largest absolute Gasteiger partial charge is 0.481 e. The summed E-state index contributed by atoms with van der Waals surface area (Å²) < 4.78 is 55.2. The molecule has 2 aromatic rings. The van der Waals surface area contributed by atoms with E-state index in [2.05, 4.69) is 5.10 Å². The van der Waals surface area contributed by atoms with Crippen molar-refractivity contribution in [1.82, 2.24) is 14.7 Å². The zero-order valence-corrected chi connectivity index (χ0v) is 17.8. The van der Waals surface area contributed by atoms with Crippen molar-refractivity contribution in [2.24, 2.45) is 5.92 Å². The molecule has 0 radical (unpaired) electrons. The maximum absolute atomic E-state index is 14.1. The monoisotopic (exact) mass is 473 g/mol. The van der Waals surface area contributed by atoms with Gasteiger partial charge in [-0.3, -0.25) is 14.3 Å². The molecular weight excluding hydrogens is 454 g/mol. The number of rotatable bonds is 5. The van der Waals surface area contributed by atoms with Crippen LogP contribution < -0.4 is 0 Å². The van der Waals surface area contributed by atoms with Crippen LogP contribution in [0.5, 0.6) is 0 Å². The Morgan fingerprint density at radius 3 is 2.50 bits per heavy atom. The lowest BCUT2D eigenvalue weighted by Crippen LogP contribution is -2.37. The highest BCUT2D eigenvalue weighted by Gasteiger charge is 2.44. The van der Waals surface area contributed by atoms with Crippen LogP contribution in [-0.2, 0) is 22.3 Å². The number of alkyl halides is 3. The third-order valence-corrected chi connectivity index (χ3v) is 6.49. The fourth-order valence-electron chi connectivity index (χ4n) is 4.26. The first-order valence-electron chi connectivity index (χ1n) is 10.1. The number of carboxylic acids is 1. The van der Waals surface area contributed by atoms with Crippen molar-refractivity contribution in [2.45, 2.75) is 50.9 Å². The molecule has 1 amide bonds. The average molecular weight is 474 g/mol. The second kappa shape index (κ2) is 8.06. The molecule has 2 fully saturated rings.